The van der Waals surface area contributed by atoms with E-state index in [0.29, 0.717) is 11.8 Å². The molecule has 2 aromatic rings. The number of rotatable bonds is 3. The molecule has 1 aliphatic rings. The molecule has 1 aromatic carbocycles. The minimum Gasteiger partial charge on any atom is -0.508 e. The summed E-state index contributed by atoms with van der Waals surface area (Å²) in [4.78, 5) is 6.73. The monoisotopic (exact) mass is 271 g/mol. The van der Waals surface area contributed by atoms with E-state index in [0.717, 1.165) is 37.2 Å². The summed E-state index contributed by atoms with van der Waals surface area (Å²) >= 11 is 0. The van der Waals surface area contributed by atoms with Crippen LogP contribution >= 0.6 is 0 Å². The van der Waals surface area contributed by atoms with Crippen molar-refractivity contribution in [1.29, 1.82) is 0 Å². The molecule has 1 heterocycles. The van der Waals surface area contributed by atoms with Crippen LogP contribution in [0.1, 0.15) is 35.8 Å². The summed E-state index contributed by atoms with van der Waals surface area (Å²) in [6, 6.07) is 6.25. The SMILES string of the molecule is CN(Cc1nccn1C)C1CCCc2c(O)cccc21. The van der Waals surface area contributed by atoms with Crippen molar-refractivity contribution in [1.82, 2.24) is 14.5 Å². The molecule has 3 rings (SSSR count). The van der Waals surface area contributed by atoms with Crippen LogP contribution in [0.3, 0.4) is 0 Å². The number of phenolic OH excluding ortho intramolecular Hbond substituents is 1. The summed E-state index contributed by atoms with van der Waals surface area (Å²) in [5.41, 5.74) is 2.39. The van der Waals surface area contributed by atoms with Crippen LogP contribution in [-0.2, 0) is 20.0 Å². The molecule has 1 N–H and O–H groups in total. The van der Waals surface area contributed by atoms with Crippen molar-refractivity contribution in [3.8, 4) is 5.75 Å². The van der Waals surface area contributed by atoms with Gasteiger partial charge < -0.3 is 9.67 Å². The second kappa shape index (κ2) is 5.29. The smallest absolute Gasteiger partial charge is 0.122 e. The molecule has 106 valence electrons. The van der Waals surface area contributed by atoms with Crippen LogP contribution in [0.2, 0.25) is 0 Å². The zero-order valence-corrected chi connectivity index (χ0v) is 12.1. The molecule has 0 radical (unpaired) electrons. The van der Waals surface area contributed by atoms with Gasteiger partial charge in [0.1, 0.15) is 11.6 Å². The Morgan fingerprint density at radius 2 is 2.30 bits per heavy atom. The molecule has 4 heteroatoms. The minimum atomic E-state index is 0.363. The van der Waals surface area contributed by atoms with Crippen molar-refractivity contribution in [2.75, 3.05) is 7.05 Å². The Labute approximate surface area is 119 Å². The van der Waals surface area contributed by atoms with Crippen LogP contribution in [0.25, 0.3) is 0 Å². The van der Waals surface area contributed by atoms with Crippen LogP contribution in [-0.4, -0.2) is 26.6 Å². The number of hydrogen-bond acceptors (Lipinski definition) is 3. The fourth-order valence-corrected chi connectivity index (χ4v) is 3.14. The first-order chi connectivity index (χ1) is 9.66. The highest BCUT2D eigenvalue weighted by Crippen LogP contribution is 2.37. The Morgan fingerprint density at radius 3 is 3.05 bits per heavy atom. The fourth-order valence-electron chi connectivity index (χ4n) is 3.14. The van der Waals surface area contributed by atoms with E-state index in [4.69, 9.17) is 0 Å². The summed E-state index contributed by atoms with van der Waals surface area (Å²) < 4.78 is 2.06. The molecule has 1 unspecified atom stereocenters. The molecule has 0 amide bonds. The zero-order chi connectivity index (χ0) is 14.1. The van der Waals surface area contributed by atoms with E-state index < -0.39 is 0 Å². The third-order valence-corrected chi connectivity index (χ3v) is 4.29. The Morgan fingerprint density at radius 1 is 1.45 bits per heavy atom. The lowest BCUT2D eigenvalue weighted by molar-refractivity contribution is 0.205. The molecule has 0 saturated heterocycles. The lowest BCUT2D eigenvalue weighted by Gasteiger charge is -2.33. The first kappa shape index (κ1) is 13.2. The van der Waals surface area contributed by atoms with Crippen molar-refractivity contribution in [3.05, 3.63) is 47.5 Å². The highest BCUT2D eigenvalue weighted by molar-refractivity contribution is 5.42. The number of phenols is 1. The molecular formula is C16H21N3O. The van der Waals surface area contributed by atoms with Crippen molar-refractivity contribution in [2.24, 2.45) is 7.05 Å². The van der Waals surface area contributed by atoms with Crippen LogP contribution in [0, 0.1) is 0 Å². The molecule has 0 saturated carbocycles. The van der Waals surface area contributed by atoms with Crippen molar-refractivity contribution >= 4 is 0 Å². The Balaban J connectivity index is 1.85. The number of aromatic nitrogens is 2. The largest absolute Gasteiger partial charge is 0.508 e. The molecule has 20 heavy (non-hydrogen) atoms. The number of nitrogens with zero attached hydrogens (tertiary/aromatic N) is 3. The van der Waals surface area contributed by atoms with Crippen LogP contribution < -0.4 is 0 Å². The number of imidazole rings is 1. The van der Waals surface area contributed by atoms with E-state index in [9.17, 15) is 5.11 Å². The average molecular weight is 271 g/mol. The number of benzene rings is 1. The molecule has 1 aromatic heterocycles. The minimum absolute atomic E-state index is 0.363. The molecule has 4 nitrogen and oxygen atoms in total. The third kappa shape index (κ3) is 2.31. The summed E-state index contributed by atoms with van der Waals surface area (Å²) in [6.45, 7) is 0.823. The van der Waals surface area contributed by atoms with Gasteiger partial charge >= 0.3 is 0 Å². The summed E-state index contributed by atoms with van der Waals surface area (Å²) in [7, 11) is 4.16. The maximum absolute atomic E-state index is 10.0. The quantitative estimate of drug-likeness (QED) is 0.933. The second-order valence-electron chi connectivity index (χ2n) is 5.62. The van der Waals surface area contributed by atoms with Gasteiger partial charge in [-0.25, -0.2) is 4.98 Å². The first-order valence-corrected chi connectivity index (χ1v) is 7.14. The van der Waals surface area contributed by atoms with E-state index in [1.54, 1.807) is 6.07 Å². The topological polar surface area (TPSA) is 41.3 Å². The van der Waals surface area contributed by atoms with Gasteiger partial charge in [-0.1, -0.05) is 12.1 Å². The van der Waals surface area contributed by atoms with Gasteiger partial charge in [0.15, 0.2) is 0 Å². The lowest BCUT2D eigenvalue weighted by atomic mass is 9.86. The molecule has 0 fully saturated rings. The summed E-state index contributed by atoms with van der Waals surface area (Å²) in [5, 5.41) is 10.0. The van der Waals surface area contributed by atoms with E-state index in [2.05, 4.69) is 27.6 Å². The van der Waals surface area contributed by atoms with E-state index in [-0.39, 0.29) is 0 Å². The zero-order valence-electron chi connectivity index (χ0n) is 12.1. The van der Waals surface area contributed by atoms with Gasteiger partial charge in [0, 0.05) is 25.5 Å². The van der Waals surface area contributed by atoms with Crippen LogP contribution in [0.5, 0.6) is 5.75 Å². The van der Waals surface area contributed by atoms with Gasteiger partial charge in [0.05, 0.1) is 6.54 Å². The van der Waals surface area contributed by atoms with Crippen molar-refractivity contribution in [3.63, 3.8) is 0 Å². The summed E-state index contributed by atoms with van der Waals surface area (Å²) in [6.07, 6.45) is 7.06. The summed E-state index contributed by atoms with van der Waals surface area (Å²) in [5.74, 6) is 1.51. The second-order valence-corrected chi connectivity index (χ2v) is 5.62. The van der Waals surface area contributed by atoms with E-state index in [1.807, 2.05) is 25.5 Å². The number of hydrogen-bond donors (Lipinski definition) is 1. The standard InChI is InChI=1S/C16H21N3O/c1-18-10-9-17-16(18)11-19(2)14-7-3-6-13-12(14)5-4-8-15(13)20/h4-5,8-10,14,20H,3,6-7,11H2,1-2H3. The van der Waals surface area contributed by atoms with Gasteiger partial charge in [-0.15, -0.1) is 0 Å². The number of aromatic hydroxyl groups is 1. The molecule has 1 aliphatic carbocycles. The Bertz CT molecular complexity index is 606. The maximum Gasteiger partial charge on any atom is 0.122 e. The molecule has 0 bridgehead atoms. The fraction of sp³-hybridized carbons (Fsp3) is 0.438. The Hall–Kier alpha value is -1.81. The van der Waals surface area contributed by atoms with E-state index >= 15 is 0 Å². The third-order valence-electron chi connectivity index (χ3n) is 4.29. The maximum atomic E-state index is 10.0. The van der Waals surface area contributed by atoms with E-state index in [1.165, 1.54) is 5.56 Å². The van der Waals surface area contributed by atoms with Gasteiger partial charge in [-0.2, -0.15) is 0 Å². The lowest BCUT2D eigenvalue weighted by Crippen LogP contribution is -2.28. The van der Waals surface area contributed by atoms with Gasteiger partial charge in [0.2, 0.25) is 0 Å². The van der Waals surface area contributed by atoms with Gasteiger partial charge in [-0.05, 0) is 43.5 Å². The van der Waals surface area contributed by atoms with Crippen LogP contribution in [0.4, 0.5) is 0 Å². The Kier molecular flexibility index (Phi) is 3.49. The number of fused-ring (bicyclic) bond motifs is 1. The highest BCUT2D eigenvalue weighted by atomic mass is 16.3. The van der Waals surface area contributed by atoms with Crippen molar-refractivity contribution in [2.45, 2.75) is 31.8 Å². The van der Waals surface area contributed by atoms with Crippen LogP contribution in [0.15, 0.2) is 30.6 Å². The molecular weight excluding hydrogens is 250 g/mol. The molecule has 0 aliphatic heterocycles. The van der Waals surface area contributed by atoms with Gasteiger partial charge in [-0.3, -0.25) is 4.90 Å². The average Bonchev–Trinajstić information content (AvgIpc) is 2.84. The number of aryl methyl sites for hydroxylation is 1. The highest BCUT2D eigenvalue weighted by Gasteiger charge is 2.25. The molecule has 1 atom stereocenters. The predicted molar refractivity (Wildman–Crippen MR) is 78.5 cm³/mol. The first-order valence-electron chi connectivity index (χ1n) is 7.14. The molecule has 0 spiro atoms. The normalized spacial score (nSPS) is 18.2. The predicted octanol–water partition coefficient (Wildman–Crippen LogP) is 2.64. The van der Waals surface area contributed by atoms with Gasteiger partial charge in [0.25, 0.3) is 0 Å². The van der Waals surface area contributed by atoms with Crippen molar-refractivity contribution < 1.29 is 5.11 Å².